The molecule has 0 atom stereocenters. The molecule has 0 heterocycles. The summed E-state index contributed by atoms with van der Waals surface area (Å²) in [6.07, 6.45) is 0. The standard InChI is InChI=1S/C8H21N3O2S/c1-8(12)13-14(9(2)3,10(4)5)11(6)7/h1-7H3. The molecular weight excluding hydrogens is 202 g/mol. The van der Waals surface area contributed by atoms with E-state index in [1.165, 1.54) is 6.92 Å². The van der Waals surface area contributed by atoms with E-state index in [-0.39, 0.29) is 5.97 Å². The number of hydrogen-bond acceptors (Lipinski definition) is 5. The molecule has 0 unspecified atom stereocenters. The average molecular weight is 223 g/mol. The zero-order chi connectivity index (χ0) is 11.5. The van der Waals surface area contributed by atoms with Gasteiger partial charge in [-0.1, -0.05) is 0 Å². The molecule has 0 saturated carbocycles. The van der Waals surface area contributed by atoms with Gasteiger partial charge in [-0.3, -0.25) is 4.79 Å². The summed E-state index contributed by atoms with van der Waals surface area (Å²) >= 11 is 0. The van der Waals surface area contributed by atoms with Crippen LogP contribution >= 0.6 is 10.9 Å². The van der Waals surface area contributed by atoms with Gasteiger partial charge in [0.1, 0.15) is 0 Å². The van der Waals surface area contributed by atoms with Crippen molar-refractivity contribution in [1.29, 1.82) is 0 Å². The lowest BCUT2D eigenvalue weighted by Gasteiger charge is -2.51. The van der Waals surface area contributed by atoms with Crippen molar-refractivity contribution in [2.45, 2.75) is 6.92 Å². The average Bonchev–Trinajstić information content (AvgIpc) is 1.97. The molecule has 0 aliphatic carbocycles. The molecule has 0 aromatic heterocycles. The Morgan fingerprint density at radius 2 is 1.21 bits per heavy atom. The molecule has 0 radical (unpaired) electrons. The van der Waals surface area contributed by atoms with E-state index >= 15 is 0 Å². The molecule has 6 heteroatoms. The van der Waals surface area contributed by atoms with E-state index in [0.717, 1.165) is 0 Å². The van der Waals surface area contributed by atoms with E-state index in [9.17, 15) is 4.79 Å². The number of carbonyl (C=O) groups excluding carboxylic acids is 1. The summed E-state index contributed by atoms with van der Waals surface area (Å²) in [6, 6.07) is 0. The molecule has 0 aliphatic rings. The minimum absolute atomic E-state index is 0.268. The molecule has 0 aliphatic heterocycles. The van der Waals surface area contributed by atoms with Gasteiger partial charge >= 0.3 is 5.97 Å². The van der Waals surface area contributed by atoms with Gasteiger partial charge in [0.25, 0.3) is 0 Å². The van der Waals surface area contributed by atoms with Crippen LogP contribution in [-0.4, -0.2) is 61.2 Å². The Kier molecular flexibility index (Phi) is 4.87. The van der Waals surface area contributed by atoms with Gasteiger partial charge in [0.2, 0.25) is 0 Å². The Morgan fingerprint density at radius 3 is 1.29 bits per heavy atom. The van der Waals surface area contributed by atoms with Gasteiger partial charge in [-0.2, -0.15) is 0 Å². The normalized spacial score (nSPS) is 13.9. The van der Waals surface area contributed by atoms with Crippen LogP contribution in [0.1, 0.15) is 6.92 Å². The molecule has 0 aromatic carbocycles. The summed E-state index contributed by atoms with van der Waals surface area (Å²) in [6.45, 7) is 1.43. The van der Waals surface area contributed by atoms with Crippen molar-refractivity contribution < 1.29 is 8.98 Å². The molecule has 0 amide bonds. The Balaban J connectivity index is 5.05. The van der Waals surface area contributed by atoms with Crippen LogP contribution in [0.3, 0.4) is 0 Å². The highest BCUT2D eigenvalue weighted by Gasteiger charge is 2.35. The van der Waals surface area contributed by atoms with Gasteiger partial charge < -0.3 is 4.18 Å². The van der Waals surface area contributed by atoms with Crippen LogP contribution in [0.4, 0.5) is 0 Å². The van der Waals surface area contributed by atoms with Gasteiger partial charge in [-0.15, -0.1) is 0 Å². The fourth-order valence-electron chi connectivity index (χ4n) is 1.36. The predicted octanol–water partition coefficient (Wildman–Crippen LogP) is 0.699. The Hall–Kier alpha value is -0.300. The van der Waals surface area contributed by atoms with Crippen LogP contribution in [0.5, 0.6) is 0 Å². The fraction of sp³-hybridized carbons (Fsp3) is 0.875. The molecule has 0 saturated heterocycles. The van der Waals surface area contributed by atoms with E-state index in [0.29, 0.717) is 0 Å². The minimum Gasteiger partial charge on any atom is -0.374 e. The Labute approximate surface area is 88.5 Å². The molecule has 0 aromatic rings. The molecule has 0 fully saturated rings. The van der Waals surface area contributed by atoms with Crippen molar-refractivity contribution in [3.63, 3.8) is 0 Å². The number of carbonyl (C=O) groups is 1. The number of hydrogen-bond donors (Lipinski definition) is 0. The molecule has 0 bridgehead atoms. The first kappa shape index (κ1) is 13.7. The van der Waals surface area contributed by atoms with Crippen LogP contribution in [0.2, 0.25) is 0 Å². The second-order valence-electron chi connectivity index (χ2n) is 3.48. The first-order valence-corrected chi connectivity index (χ1v) is 5.73. The maximum Gasteiger partial charge on any atom is 0.316 e. The van der Waals surface area contributed by atoms with E-state index in [4.69, 9.17) is 4.18 Å². The van der Waals surface area contributed by atoms with Crippen LogP contribution in [0.25, 0.3) is 0 Å². The van der Waals surface area contributed by atoms with Gasteiger partial charge in [0.05, 0.1) is 10.9 Å². The fourth-order valence-corrected chi connectivity index (χ4v) is 4.08. The van der Waals surface area contributed by atoms with Gasteiger partial charge in [-0.05, 0) is 0 Å². The third-order valence-corrected chi connectivity index (χ3v) is 4.97. The largest absolute Gasteiger partial charge is 0.374 e. The monoisotopic (exact) mass is 223 g/mol. The van der Waals surface area contributed by atoms with E-state index < -0.39 is 10.9 Å². The molecular formula is C8H21N3O2S. The van der Waals surface area contributed by atoms with Crippen molar-refractivity contribution in [1.82, 2.24) is 12.9 Å². The van der Waals surface area contributed by atoms with Gasteiger partial charge in [-0.25, -0.2) is 12.9 Å². The van der Waals surface area contributed by atoms with Gasteiger partial charge in [0.15, 0.2) is 0 Å². The number of rotatable bonds is 4. The maximum absolute atomic E-state index is 11.1. The minimum atomic E-state index is -1.80. The highest BCUT2D eigenvalue weighted by molar-refractivity contribution is 8.24. The summed E-state index contributed by atoms with van der Waals surface area (Å²) < 4.78 is 11.2. The van der Waals surface area contributed by atoms with Crippen molar-refractivity contribution in [3.8, 4) is 0 Å². The topological polar surface area (TPSA) is 36.0 Å². The summed E-state index contributed by atoms with van der Waals surface area (Å²) in [7, 11) is 9.61. The molecule has 0 N–H and O–H groups in total. The van der Waals surface area contributed by atoms with E-state index in [2.05, 4.69) is 0 Å². The Morgan fingerprint density at radius 1 is 0.929 bits per heavy atom. The van der Waals surface area contributed by atoms with Crippen LogP contribution in [0, 0.1) is 0 Å². The predicted molar refractivity (Wildman–Crippen MR) is 60.4 cm³/mol. The highest BCUT2D eigenvalue weighted by Crippen LogP contribution is 2.54. The molecule has 86 valence electrons. The Bertz CT molecular complexity index is 185. The number of nitrogens with zero attached hydrogens (tertiary/aromatic N) is 3. The van der Waals surface area contributed by atoms with E-state index in [1.54, 1.807) is 0 Å². The van der Waals surface area contributed by atoms with Crippen molar-refractivity contribution >= 4 is 16.8 Å². The SMILES string of the molecule is CC(=O)OS(N(C)C)(N(C)C)N(C)C. The second-order valence-corrected chi connectivity index (χ2v) is 6.78. The van der Waals surface area contributed by atoms with Crippen molar-refractivity contribution in [2.75, 3.05) is 42.3 Å². The van der Waals surface area contributed by atoms with Gasteiger partial charge in [0, 0.05) is 49.2 Å². The van der Waals surface area contributed by atoms with Crippen LogP contribution < -0.4 is 0 Å². The smallest absolute Gasteiger partial charge is 0.316 e. The zero-order valence-corrected chi connectivity index (χ0v) is 10.9. The quantitative estimate of drug-likeness (QED) is 0.701. The van der Waals surface area contributed by atoms with E-state index in [1.807, 2.05) is 55.2 Å². The first-order chi connectivity index (χ1) is 6.25. The van der Waals surface area contributed by atoms with Crippen molar-refractivity contribution in [3.05, 3.63) is 0 Å². The summed E-state index contributed by atoms with van der Waals surface area (Å²) in [5.74, 6) is -0.268. The molecule has 14 heavy (non-hydrogen) atoms. The third kappa shape index (κ3) is 2.60. The summed E-state index contributed by atoms with van der Waals surface area (Å²) in [5.41, 5.74) is 0. The molecule has 0 spiro atoms. The summed E-state index contributed by atoms with van der Waals surface area (Å²) in [4.78, 5) is 11.1. The molecule has 0 rings (SSSR count). The lowest BCUT2D eigenvalue weighted by atomic mass is 10.9. The lowest BCUT2D eigenvalue weighted by Crippen LogP contribution is -2.42. The zero-order valence-electron chi connectivity index (χ0n) is 10.1. The van der Waals surface area contributed by atoms with Crippen LogP contribution in [-0.2, 0) is 8.98 Å². The molecule has 5 nitrogen and oxygen atoms in total. The second kappa shape index (κ2) is 4.97. The first-order valence-electron chi connectivity index (χ1n) is 4.31. The highest BCUT2D eigenvalue weighted by atomic mass is 32.3. The third-order valence-electron chi connectivity index (χ3n) is 1.66. The summed E-state index contributed by atoms with van der Waals surface area (Å²) in [5, 5.41) is 0. The van der Waals surface area contributed by atoms with Crippen molar-refractivity contribution in [2.24, 2.45) is 0 Å². The maximum atomic E-state index is 11.1. The van der Waals surface area contributed by atoms with Crippen LogP contribution in [0.15, 0.2) is 0 Å². The lowest BCUT2D eigenvalue weighted by molar-refractivity contribution is -0.131.